The predicted octanol–water partition coefficient (Wildman–Crippen LogP) is 2.73. The van der Waals surface area contributed by atoms with Gasteiger partial charge in [-0.3, -0.25) is 9.69 Å². The highest BCUT2D eigenvalue weighted by atomic mass is 19.2. The lowest BCUT2D eigenvalue weighted by molar-refractivity contribution is -0.605. The second-order valence-corrected chi connectivity index (χ2v) is 7.95. The molecular weight excluding hydrogens is 364 g/mol. The molecule has 0 bridgehead atoms. The molecule has 2 saturated heterocycles. The summed E-state index contributed by atoms with van der Waals surface area (Å²) in [6.45, 7) is 3.31. The molecule has 0 radical (unpaired) electrons. The summed E-state index contributed by atoms with van der Waals surface area (Å²) in [7, 11) is 0. The molecule has 2 aromatic rings. The van der Waals surface area contributed by atoms with Gasteiger partial charge in [-0.25, -0.2) is 8.78 Å². The van der Waals surface area contributed by atoms with Crippen molar-refractivity contribution in [2.75, 3.05) is 26.2 Å². The zero-order chi connectivity index (χ0) is 19.7. The number of carbonyl (C=O) groups is 1. The van der Waals surface area contributed by atoms with Crippen LogP contribution in [0.15, 0.2) is 42.7 Å². The first kappa shape index (κ1) is 18.8. The molecule has 28 heavy (non-hydrogen) atoms. The Morgan fingerprint density at radius 2 is 1.89 bits per heavy atom. The Bertz CT molecular complexity index is 874. The maximum absolute atomic E-state index is 14.0. The van der Waals surface area contributed by atoms with E-state index in [1.54, 1.807) is 18.2 Å². The molecule has 2 fully saturated rings. The standard InChI is InChI=1S/C21H23F2N3O2/c22-18-4-1-3-17(19(18)23)13-24-9-2-7-21(14-24)8-12-25(15-21)20(27)16-5-10-26(28)11-6-16/h1,3-6,10-11H,2,7-9,12-15H2/t21-/m0/s1. The van der Waals surface area contributed by atoms with Gasteiger partial charge in [0, 0.05) is 49.3 Å². The molecule has 1 aromatic carbocycles. The van der Waals surface area contributed by atoms with Crippen LogP contribution in [0.5, 0.6) is 0 Å². The number of hydrogen-bond acceptors (Lipinski definition) is 3. The number of hydrogen-bond donors (Lipinski definition) is 0. The van der Waals surface area contributed by atoms with Crippen molar-refractivity contribution in [1.29, 1.82) is 0 Å². The maximum atomic E-state index is 14.0. The predicted molar refractivity (Wildman–Crippen MR) is 99.2 cm³/mol. The number of pyridine rings is 1. The van der Waals surface area contributed by atoms with Crippen molar-refractivity contribution < 1.29 is 18.3 Å². The molecular formula is C21H23F2N3O2. The van der Waals surface area contributed by atoms with Gasteiger partial charge in [0.25, 0.3) is 5.91 Å². The number of nitrogens with zero attached hydrogens (tertiary/aromatic N) is 3. The number of rotatable bonds is 3. The van der Waals surface area contributed by atoms with E-state index in [9.17, 15) is 18.8 Å². The van der Waals surface area contributed by atoms with Crippen LogP contribution in [0.4, 0.5) is 8.78 Å². The molecule has 1 atom stereocenters. The Hall–Kier alpha value is -2.54. The lowest BCUT2D eigenvalue weighted by Gasteiger charge is -2.40. The summed E-state index contributed by atoms with van der Waals surface area (Å²) in [4.78, 5) is 16.8. The molecule has 0 saturated carbocycles. The molecule has 2 aliphatic rings. The van der Waals surface area contributed by atoms with Crippen LogP contribution >= 0.6 is 0 Å². The number of amides is 1. The van der Waals surface area contributed by atoms with Gasteiger partial charge in [-0.2, -0.15) is 4.73 Å². The van der Waals surface area contributed by atoms with Crippen molar-refractivity contribution in [3.63, 3.8) is 0 Å². The van der Waals surface area contributed by atoms with E-state index in [1.807, 2.05) is 4.90 Å². The SMILES string of the molecule is O=C(c1cc[n+]([O-])cc1)N1CC[C@]2(CCCN(Cc3cccc(F)c3F)C2)C1. The average molecular weight is 387 g/mol. The van der Waals surface area contributed by atoms with E-state index < -0.39 is 11.6 Å². The third-order valence-corrected chi connectivity index (χ3v) is 5.94. The van der Waals surface area contributed by atoms with Crippen LogP contribution in [0.1, 0.15) is 35.2 Å². The number of carbonyl (C=O) groups excluding carboxylic acids is 1. The highest BCUT2D eigenvalue weighted by Crippen LogP contribution is 2.39. The normalized spacial score (nSPS) is 22.7. The molecule has 0 N–H and O–H groups in total. The van der Waals surface area contributed by atoms with Crippen LogP contribution < -0.4 is 4.73 Å². The highest BCUT2D eigenvalue weighted by Gasteiger charge is 2.43. The zero-order valence-electron chi connectivity index (χ0n) is 15.6. The highest BCUT2D eigenvalue weighted by molar-refractivity contribution is 5.94. The van der Waals surface area contributed by atoms with Crippen LogP contribution in [0.2, 0.25) is 0 Å². The number of likely N-dealkylation sites (tertiary alicyclic amines) is 2. The van der Waals surface area contributed by atoms with Crippen molar-refractivity contribution in [2.24, 2.45) is 5.41 Å². The van der Waals surface area contributed by atoms with Crippen molar-refractivity contribution in [2.45, 2.75) is 25.8 Å². The topological polar surface area (TPSA) is 50.5 Å². The van der Waals surface area contributed by atoms with Gasteiger partial charge >= 0.3 is 0 Å². The second kappa shape index (κ2) is 7.47. The average Bonchev–Trinajstić information content (AvgIpc) is 3.09. The quantitative estimate of drug-likeness (QED) is 0.601. The summed E-state index contributed by atoms with van der Waals surface area (Å²) in [5.74, 6) is -1.65. The van der Waals surface area contributed by atoms with E-state index in [0.717, 1.165) is 38.4 Å². The molecule has 0 aliphatic carbocycles. The van der Waals surface area contributed by atoms with Crippen LogP contribution in [-0.2, 0) is 6.54 Å². The summed E-state index contributed by atoms with van der Waals surface area (Å²) in [6.07, 6.45) is 5.55. The van der Waals surface area contributed by atoms with Crippen LogP contribution in [0.25, 0.3) is 0 Å². The molecule has 0 unspecified atom stereocenters. The van der Waals surface area contributed by atoms with Crippen LogP contribution in [-0.4, -0.2) is 41.9 Å². The fourth-order valence-electron chi connectivity index (χ4n) is 4.54. The van der Waals surface area contributed by atoms with Crippen molar-refractivity contribution in [3.05, 3.63) is 70.7 Å². The molecule has 1 spiro atoms. The van der Waals surface area contributed by atoms with E-state index in [-0.39, 0.29) is 11.3 Å². The molecule has 7 heteroatoms. The summed E-state index contributed by atoms with van der Waals surface area (Å²) in [5.41, 5.74) is 0.877. The Morgan fingerprint density at radius 3 is 2.68 bits per heavy atom. The lowest BCUT2D eigenvalue weighted by Crippen LogP contribution is -2.45. The molecule has 4 rings (SSSR count). The van der Waals surface area contributed by atoms with Crippen LogP contribution in [0.3, 0.4) is 0 Å². The van der Waals surface area contributed by atoms with Gasteiger partial charge < -0.3 is 10.1 Å². The van der Waals surface area contributed by atoms with Gasteiger partial charge in [-0.1, -0.05) is 12.1 Å². The van der Waals surface area contributed by atoms with E-state index >= 15 is 0 Å². The van der Waals surface area contributed by atoms with E-state index in [4.69, 9.17) is 0 Å². The summed E-state index contributed by atoms with van der Waals surface area (Å²) in [5, 5.41) is 11.2. The van der Waals surface area contributed by atoms with Crippen molar-refractivity contribution in [3.8, 4) is 0 Å². The van der Waals surface area contributed by atoms with Crippen molar-refractivity contribution in [1.82, 2.24) is 9.80 Å². The first-order chi connectivity index (χ1) is 13.5. The molecule has 5 nitrogen and oxygen atoms in total. The number of piperidine rings is 1. The molecule has 1 aromatic heterocycles. The summed E-state index contributed by atoms with van der Waals surface area (Å²) in [6, 6.07) is 7.38. The van der Waals surface area contributed by atoms with Gasteiger partial charge in [0.1, 0.15) is 0 Å². The first-order valence-electron chi connectivity index (χ1n) is 9.59. The Labute approximate surface area is 162 Å². The van der Waals surface area contributed by atoms with Crippen molar-refractivity contribution >= 4 is 5.91 Å². The third-order valence-electron chi connectivity index (χ3n) is 5.94. The lowest BCUT2D eigenvalue weighted by atomic mass is 9.79. The minimum atomic E-state index is -0.816. The maximum Gasteiger partial charge on any atom is 0.254 e. The fourth-order valence-corrected chi connectivity index (χ4v) is 4.54. The molecule has 2 aliphatic heterocycles. The Morgan fingerprint density at radius 1 is 1.11 bits per heavy atom. The number of aromatic nitrogens is 1. The zero-order valence-corrected chi connectivity index (χ0v) is 15.6. The monoisotopic (exact) mass is 387 g/mol. The third kappa shape index (κ3) is 3.71. The van der Waals surface area contributed by atoms with Gasteiger partial charge in [-0.15, -0.1) is 0 Å². The van der Waals surface area contributed by atoms with E-state index in [2.05, 4.69) is 4.90 Å². The van der Waals surface area contributed by atoms with Gasteiger partial charge in [0.15, 0.2) is 24.0 Å². The summed E-state index contributed by atoms with van der Waals surface area (Å²) < 4.78 is 28.2. The molecule has 3 heterocycles. The largest absolute Gasteiger partial charge is 0.619 e. The number of halogens is 2. The van der Waals surface area contributed by atoms with Gasteiger partial charge in [0.2, 0.25) is 0 Å². The van der Waals surface area contributed by atoms with E-state index in [1.165, 1.54) is 18.5 Å². The van der Waals surface area contributed by atoms with Gasteiger partial charge in [0.05, 0.1) is 5.56 Å². The number of benzene rings is 1. The Kier molecular flexibility index (Phi) is 5.02. The van der Waals surface area contributed by atoms with Crippen LogP contribution in [0, 0.1) is 22.3 Å². The second-order valence-electron chi connectivity index (χ2n) is 7.95. The Balaban J connectivity index is 1.43. The van der Waals surface area contributed by atoms with Gasteiger partial charge in [-0.05, 0) is 31.9 Å². The smallest absolute Gasteiger partial charge is 0.254 e. The summed E-state index contributed by atoms with van der Waals surface area (Å²) >= 11 is 0. The molecule has 1 amide bonds. The fraction of sp³-hybridized carbons (Fsp3) is 0.429. The minimum absolute atomic E-state index is 0.00899. The first-order valence-corrected chi connectivity index (χ1v) is 9.59. The minimum Gasteiger partial charge on any atom is -0.619 e. The molecule has 148 valence electrons. The van der Waals surface area contributed by atoms with E-state index in [0.29, 0.717) is 35.5 Å².